The molecule has 6 unspecified atom stereocenters. The quantitative estimate of drug-likeness (QED) is 0.313. The number of para-hydroxylation sites is 1. The fourth-order valence-corrected chi connectivity index (χ4v) is 8.12. The smallest absolute Gasteiger partial charge is 0.241 e. The van der Waals surface area contributed by atoms with E-state index in [0.29, 0.717) is 23.4 Å². The summed E-state index contributed by atoms with van der Waals surface area (Å²) in [5.74, 6) is -4.02. The van der Waals surface area contributed by atoms with Crippen molar-refractivity contribution < 1.29 is 29.0 Å². The maximum atomic E-state index is 14.4. The van der Waals surface area contributed by atoms with Gasteiger partial charge < -0.3 is 9.84 Å². The Morgan fingerprint density at radius 1 is 0.886 bits per heavy atom. The number of imide groups is 2. The number of carbonyl (C=O) groups excluding carboxylic acids is 4. The number of carbonyl (C=O) groups is 4. The molecular weight excluding hydrogens is 556 g/mol. The SMILES string of the molecule is C=Cc1ccc(N2C(=O)C3CC=C4C(CC5C(=O)N(c6ccccc6)C(=O)C5(C)C4c4ccc(OC)c(O)c4)C3C2=O)cc1. The van der Waals surface area contributed by atoms with Crippen LogP contribution >= 0.6 is 0 Å². The standard InChI is InChI=1S/C36H32N2O6/c1-4-20-10-13-23(14-11-20)37-32(40)25-16-15-24-26(30(25)34(37)42)19-27-33(41)38(22-8-6-5-7-9-22)35(43)36(27,2)31(24)21-12-17-29(44-3)28(39)18-21/h4-15,17-18,25-27,30-31,39H,1,16,19H2,2-3H3. The first-order valence-electron chi connectivity index (χ1n) is 14.8. The van der Waals surface area contributed by atoms with Crippen LogP contribution in [0.15, 0.2) is 91.0 Å². The van der Waals surface area contributed by atoms with Gasteiger partial charge in [-0.05, 0) is 73.2 Å². The summed E-state index contributed by atoms with van der Waals surface area (Å²) in [5.41, 5.74) is 2.19. The molecule has 2 aliphatic heterocycles. The first-order valence-corrected chi connectivity index (χ1v) is 14.8. The average molecular weight is 589 g/mol. The van der Waals surface area contributed by atoms with Crippen molar-refractivity contribution in [2.75, 3.05) is 16.9 Å². The lowest BCUT2D eigenvalue weighted by Gasteiger charge is -2.49. The van der Waals surface area contributed by atoms with Crippen LogP contribution in [0.25, 0.3) is 6.08 Å². The Labute approximate surface area is 255 Å². The Morgan fingerprint density at radius 2 is 1.59 bits per heavy atom. The van der Waals surface area contributed by atoms with Crippen LogP contribution in [0.5, 0.6) is 11.5 Å². The molecule has 3 fully saturated rings. The van der Waals surface area contributed by atoms with E-state index >= 15 is 0 Å². The molecule has 1 saturated carbocycles. The van der Waals surface area contributed by atoms with Crippen LogP contribution in [-0.2, 0) is 19.2 Å². The van der Waals surface area contributed by atoms with Crippen LogP contribution in [0.3, 0.4) is 0 Å². The largest absolute Gasteiger partial charge is 0.504 e. The van der Waals surface area contributed by atoms with Crippen molar-refractivity contribution in [3.05, 3.63) is 102 Å². The fraction of sp³-hybridized carbons (Fsp3) is 0.278. The van der Waals surface area contributed by atoms with Crippen LogP contribution in [-0.4, -0.2) is 35.8 Å². The Kier molecular flexibility index (Phi) is 6.35. The highest BCUT2D eigenvalue weighted by Crippen LogP contribution is 2.64. The zero-order valence-corrected chi connectivity index (χ0v) is 24.5. The van der Waals surface area contributed by atoms with Crippen molar-refractivity contribution in [2.24, 2.45) is 29.1 Å². The Balaban J connectivity index is 1.36. The van der Waals surface area contributed by atoms with E-state index in [0.717, 1.165) is 11.1 Å². The number of benzene rings is 3. The van der Waals surface area contributed by atoms with Gasteiger partial charge in [0.15, 0.2) is 11.5 Å². The summed E-state index contributed by atoms with van der Waals surface area (Å²) in [4.78, 5) is 59.1. The van der Waals surface area contributed by atoms with E-state index in [1.165, 1.54) is 16.9 Å². The topological polar surface area (TPSA) is 104 Å². The Morgan fingerprint density at radius 3 is 2.25 bits per heavy atom. The highest BCUT2D eigenvalue weighted by Gasteiger charge is 2.67. The summed E-state index contributed by atoms with van der Waals surface area (Å²) in [5, 5.41) is 10.8. The van der Waals surface area contributed by atoms with Gasteiger partial charge in [0.25, 0.3) is 0 Å². The van der Waals surface area contributed by atoms with E-state index in [-0.39, 0.29) is 41.5 Å². The summed E-state index contributed by atoms with van der Waals surface area (Å²) in [6, 6.07) is 21.0. The number of hydrogen-bond donors (Lipinski definition) is 1. The second kappa shape index (κ2) is 10.0. The first-order chi connectivity index (χ1) is 21.2. The molecule has 2 aliphatic carbocycles. The molecule has 0 spiro atoms. The predicted molar refractivity (Wildman–Crippen MR) is 165 cm³/mol. The lowest BCUT2D eigenvalue weighted by molar-refractivity contribution is -0.131. The number of hydrogen-bond acceptors (Lipinski definition) is 6. The number of phenolic OH excluding ortho intramolecular Hbond substituents is 1. The van der Waals surface area contributed by atoms with E-state index < -0.39 is 35.0 Å². The van der Waals surface area contributed by atoms with Gasteiger partial charge >= 0.3 is 0 Å². The van der Waals surface area contributed by atoms with Gasteiger partial charge in [-0.15, -0.1) is 0 Å². The molecule has 8 nitrogen and oxygen atoms in total. The van der Waals surface area contributed by atoms with Gasteiger partial charge in [-0.2, -0.15) is 0 Å². The number of methoxy groups -OCH3 is 1. The zero-order valence-electron chi connectivity index (χ0n) is 24.5. The number of amides is 4. The number of ether oxygens (including phenoxy) is 1. The van der Waals surface area contributed by atoms with Crippen LogP contribution in [0, 0.1) is 29.1 Å². The molecule has 44 heavy (non-hydrogen) atoms. The molecule has 0 aromatic heterocycles. The highest BCUT2D eigenvalue weighted by atomic mass is 16.5. The number of allylic oxidation sites excluding steroid dienone is 2. The van der Waals surface area contributed by atoms with E-state index in [2.05, 4.69) is 6.58 Å². The summed E-state index contributed by atoms with van der Waals surface area (Å²) in [7, 11) is 1.46. The molecule has 6 atom stereocenters. The van der Waals surface area contributed by atoms with Crippen LogP contribution in [0.2, 0.25) is 0 Å². The maximum absolute atomic E-state index is 14.4. The van der Waals surface area contributed by atoms with Crippen LogP contribution < -0.4 is 14.5 Å². The van der Waals surface area contributed by atoms with Gasteiger partial charge in [-0.3, -0.25) is 24.1 Å². The lowest BCUT2D eigenvalue weighted by Crippen LogP contribution is -2.48. The van der Waals surface area contributed by atoms with Crippen molar-refractivity contribution in [1.29, 1.82) is 0 Å². The Hall–Kier alpha value is -4.98. The number of nitrogens with zero attached hydrogens (tertiary/aromatic N) is 2. The monoisotopic (exact) mass is 588 g/mol. The predicted octanol–water partition coefficient (Wildman–Crippen LogP) is 5.48. The molecule has 7 rings (SSSR count). The highest BCUT2D eigenvalue weighted by molar-refractivity contribution is 6.25. The summed E-state index contributed by atoms with van der Waals surface area (Å²) >= 11 is 0. The number of anilines is 2. The third-order valence-corrected chi connectivity index (χ3v) is 10.2. The molecule has 8 heteroatoms. The van der Waals surface area contributed by atoms with E-state index in [4.69, 9.17) is 4.74 Å². The van der Waals surface area contributed by atoms with Gasteiger partial charge in [-0.25, -0.2) is 4.90 Å². The minimum absolute atomic E-state index is 0.0838. The average Bonchev–Trinajstić information content (AvgIpc) is 3.40. The van der Waals surface area contributed by atoms with Crippen molar-refractivity contribution in [3.8, 4) is 11.5 Å². The van der Waals surface area contributed by atoms with Crippen molar-refractivity contribution in [1.82, 2.24) is 0 Å². The fourth-order valence-electron chi connectivity index (χ4n) is 8.12. The molecule has 2 saturated heterocycles. The van der Waals surface area contributed by atoms with Crippen LogP contribution in [0.1, 0.15) is 36.8 Å². The first kappa shape index (κ1) is 27.8. The molecule has 4 amide bonds. The van der Waals surface area contributed by atoms with Gasteiger partial charge in [0.1, 0.15) is 0 Å². The molecule has 0 radical (unpaired) electrons. The van der Waals surface area contributed by atoms with Crippen molar-refractivity contribution in [2.45, 2.75) is 25.7 Å². The second-order valence-electron chi connectivity index (χ2n) is 12.2. The minimum Gasteiger partial charge on any atom is -0.504 e. The number of rotatable bonds is 5. The molecular formula is C36H32N2O6. The van der Waals surface area contributed by atoms with E-state index in [1.54, 1.807) is 60.7 Å². The maximum Gasteiger partial charge on any atom is 0.241 e. The number of aromatic hydroxyl groups is 1. The summed E-state index contributed by atoms with van der Waals surface area (Å²) in [6.07, 6.45) is 4.30. The number of phenols is 1. The molecule has 222 valence electrons. The van der Waals surface area contributed by atoms with Gasteiger partial charge in [0.2, 0.25) is 23.6 Å². The molecule has 2 heterocycles. The molecule has 1 N–H and O–H groups in total. The molecule has 3 aromatic rings. The van der Waals surface area contributed by atoms with Gasteiger partial charge in [0.05, 0.1) is 41.7 Å². The third kappa shape index (κ3) is 3.76. The second-order valence-corrected chi connectivity index (χ2v) is 12.2. The van der Waals surface area contributed by atoms with Gasteiger partial charge in [-0.1, -0.05) is 60.7 Å². The van der Waals surface area contributed by atoms with Crippen molar-refractivity contribution in [3.63, 3.8) is 0 Å². The van der Waals surface area contributed by atoms with Gasteiger partial charge in [0, 0.05) is 5.92 Å². The summed E-state index contributed by atoms with van der Waals surface area (Å²) < 4.78 is 5.28. The minimum atomic E-state index is -1.19. The van der Waals surface area contributed by atoms with Crippen molar-refractivity contribution >= 4 is 41.1 Å². The van der Waals surface area contributed by atoms with E-state index in [9.17, 15) is 24.3 Å². The zero-order chi connectivity index (χ0) is 30.9. The lowest BCUT2D eigenvalue weighted by atomic mass is 9.51. The normalized spacial score (nSPS) is 29.2. The third-order valence-electron chi connectivity index (χ3n) is 10.2. The molecule has 0 bridgehead atoms. The van der Waals surface area contributed by atoms with Crippen LogP contribution in [0.4, 0.5) is 11.4 Å². The molecule has 4 aliphatic rings. The Bertz CT molecular complexity index is 1760. The van der Waals surface area contributed by atoms with E-state index in [1.807, 2.05) is 31.2 Å². The summed E-state index contributed by atoms with van der Waals surface area (Å²) in [6.45, 7) is 5.60. The molecule has 3 aromatic carbocycles. The number of fused-ring (bicyclic) bond motifs is 4.